The molecule has 0 saturated heterocycles. The third-order valence-corrected chi connectivity index (χ3v) is 3.18. The van der Waals surface area contributed by atoms with E-state index in [0.717, 1.165) is 16.8 Å². The predicted molar refractivity (Wildman–Crippen MR) is 82.2 cm³/mol. The van der Waals surface area contributed by atoms with Gasteiger partial charge < -0.3 is 15.7 Å². The molecule has 1 aromatic heterocycles. The van der Waals surface area contributed by atoms with Crippen LogP contribution in [0.2, 0.25) is 0 Å². The van der Waals surface area contributed by atoms with Crippen molar-refractivity contribution in [1.82, 2.24) is 10.3 Å². The van der Waals surface area contributed by atoms with Crippen LogP contribution in [-0.2, 0) is 6.54 Å². The Morgan fingerprint density at radius 1 is 1.29 bits per heavy atom. The van der Waals surface area contributed by atoms with Crippen LogP contribution in [0, 0.1) is 6.92 Å². The van der Waals surface area contributed by atoms with Gasteiger partial charge in [0.1, 0.15) is 0 Å². The van der Waals surface area contributed by atoms with E-state index in [1.807, 2.05) is 31.2 Å². The minimum absolute atomic E-state index is 0.0657. The van der Waals surface area contributed by atoms with Crippen LogP contribution in [0.25, 0.3) is 0 Å². The molecule has 110 valence electrons. The zero-order chi connectivity index (χ0) is 15.1. The summed E-state index contributed by atoms with van der Waals surface area (Å²) in [5, 5.41) is 14.7. The van der Waals surface area contributed by atoms with E-state index in [9.17, 15) is 4.79 Å². The summed E-state index contributed by atoms with van der Waals surface area (Å²) >= 11 is 0. The molecule has 2 aromatic rings. The van der Waals surface area contributed by atoms with Crippen LogP contribution >= 0.6 is 0 Å². The number of hydrogen-bond donors (Lipinski definition) is 3. The summed E-state index contributed by atoms with van der Waals surface area (Å²) < 4.78 is 0. The fraction of sp³-hybridized carbons (Fsp3) is 0.250. The van der Waals surface area contributed by atoms with E-state index in [4.69, 9.17) is 5.11 Å². The van der Waals surface area contributed by atoms with Gasteiger partial charge in [0.25, 0.3) is 5.91 Å². The molecule has 0 unspecified atom stereocenters. The number of rotatable bonds is 6. The van der Waals surface area contributed by atoms with Crippen molar-refractivity contribution >= 4 is 11.6 Å². The smallest absolute Gasteiger partial charge is 0.251 e. The minimum Gasteiger partial charge on any atom is -0.395 e. The summed E-state index contributed by atoms with van der Waals surface area (Å²) in [6.07, 6.45) is 3.54. The summed E-state index contributed by atoms with van der Waals surface area (Å²) in [5.41, 5.74) is 3.49. The van der Waals surface area contributed by atoms with Gasteiger partial charge in [-0.05, 0) is 36.2 Å². The van der Waals surface area contributed by atoms with Gasteiger partial charge in [-0.2, -0.15) is 0 Å². The third kappa shape index (κ3) is 4.03. The van der Waals surface area contributed by atoms with Crippen LogP contribution in [0.3, 0.4) is 0 Å². The number of anilines is 1. The SMILES string of the molecule is Cc1c(NCc2cccnc2)cccc1C(=O)NCCO. The number of aliphatic hydroxyl groups is 1. The van der Waals surface area contributed by atoms with Crippen LogP contribution in [0.5, 0.6) is 0 Å². The minimum atomic E-state index is -0.174. The molecule has 0 fully saturated rings. The normalized spacial score (nSPS) is 10.2. The monoisotopic (exact) mass is 285 g/mol. The predicted octanol–water partition coefficient (Wildman–Crippen LogP) is 1.72. The highest BCUT2D eigenvalue weighted by Crippen LogP contribution is 2.19. The number of carbonyl (C=O) groups excluding carboxylic acids is 1. The second-order valence-electron chi connectivity index (χ2n) is 4.67. The third-order valence-electron chi connectivity index (χ3n) is 3.18. The van der Waals surface area contributed by atoms with Gasteiger partial charge >= 0.3 is 0 Å². The second-order valence-corrected chi connectivity index (χ2v) is 4.67. The first-order valence-corrected chi connectivity index (χ1v) is 6.84. The Kier molecular flexibility index (Phi) is 5.29. The number of aromatic nitrogens is 1. The molecule has 0 aliphatic heterocycles. The Labute approximate surface area is 124 Å². The standard InChI is InChI=1S/C16H19N3O2/c1-12-14(16(21)18-8-9-20)5-2-6-15(12)19-11-13-4-3-7-17-10-13/h2-7,10,19-20H,8-9,11H2,1H3,(H,18,21). The molecule has 3 N–H and O–H groups in total. The van der Waals surface area contributed by atoms with Crippen molar-refractivity contribution in [2.45, 2.75) is 13.5 Å². The van der Waals surface area contributed by atoms with Gasteiger partial charge in [-0.25, -0.2) is 0 Å². The van der Waals surface area contributed by atoms with Crippen molar-refractivity contribution in [3.8, 4) is 0 Å². The molecule has 2 rings (SSSR count). The molecule has 0 saturated carbocycles. The maximum absolute atomic E-state index is 12.0. The van der Waals surface area contributed by atoms with E-state index in [2.05, 4.69) is 15.6 Å². The fourth-order valence-corrected chi connectivity index (χ4v) is 2.04. The van der Waals surface area contributed by atoms with Crippen molar-refractivity contribution in [2.24, 2.45) is 0 Å². The first kappa shape index (κ1) is 15.0. The van der Waals surface area contributed by atoms with E-state index in [0.29, 0.717) is 12.1 Å². The van der Waals surface area contributed by atoms with Crippen LogP contribution in [0.1, 0.15) is 21.5 Å². The summed E-state index contributed by atoms with van der Waals surface area (Å²) in [4.78, 5) is 16.1. The lowest BCUT2D eigenvalue weighted by molar-refractivity contribution is 0.0944. The Bertz CT molecular complexity index is 600. The van der Waals surface area contributed by atoms with Crippen LogP contribution in [-0.4, -0.2) is 29.1 Å². The van der Waals surface area contributed by atoms with E-state index < -0.39 is 0 Å². The molecule has 0 aliphatic rings. The van der Waals surface area contributed by atoms with Gasteiger partial charge in [-0.1, -0.05) is 12.1 Å². The van der Waals surface area contributed by atoms with Gasteiger partial charge in [-0.3, -0.25) is 9.78 Å². The molecule has 0 aliphatic carbocycles. The van der Waals surface area contributed by atoms with E-state index in [1.165, 1.54) is 0 Å². The molecule has 5 nitrogen and oxygen atoms in total. The highest BCUT2D eigenvalue weighted by Gasteiger charge is 2.10. The molecule has 1 aromatic carbocycles. The Morgan fingerprint density at radius 3 is 2.86 bits per heavy atom. The molecule has 5 heteroatoms. The highest BCUT2D eigenvalue weighted by atomic mass is 16.3. The molecular weight excluding hydrogens is 266 g/mol. The lowest BCUT2D eigenvalue weighted by atomic mass is 10.1. The average molecular weight is 285 g/mol. The molecule has 0 atom stereocenters. The molecule has 21 heavy (non-hydrogen) atoms. The number of aliphatic hydroxyl groups excluding tert-OH is 1. The summed E-state index contributed by atoms with van der Waals surface area (Å²) in [6.45, 7) is 2.74. The van der Waals surface area contributed by atoms with Gasteiger partial charge in [0.05, 0.1) is 6.61 Å². The topological polar surface area (TPSA) is 74.2 Å². The number of pyridine rings is 1. The first-order chi connectivity index (χ1) is 10.2. The molecular formula is C16H19N3O2. The van der Waals surface area contributed by atoms with Crippen molar-refractivity contribution in [3.63, 3.8) is 0 Å². The molecule has 0 radical (unpaired) electrons. The molecule has 1 amide bonds. The van der Waals surface area contributed by atoms with Crippen LogP contribution in [0.15, 0.2) is 42.7 Å². The van der Waals surface area contributed by atoms with Gasteiger partial charge in [-0.15, -0.1) is 0 Å². The quantitative estimate of drug-likeness (QED) is 0.755. The maximum atomic E-state index is 12.0. The van der Waals surface area contributed by atoms with Crippen molar-refractivity contribution < 1.29 is 9.90 Å². The fourth-order valence-electron chi connectivity index (χ4n) is 2.04. The van der Waals surface area contributed by atoms with Crippen molar-refractivity contribution in [3.05, 3.63) is 59.4 Å². The van der Waals surface area contributed by atoms with E-state index in [-0.39, 0.29) is 19.1 Å². The summed E-state index contributed by atoms with van der Waals surface area (Å²) in [5.74, 6) is -0.174. The number of hydrogen-bond acceptors (Lipinski definition) is 4. The molecule has 0 bridgehead atoms. The van der Waals surface area contributed by atoms with Crippen molar-refractivity contribution in [2.75, 3.05) is 18.5 Å². The lowest BCUT2D eigenvalue weighted by Gasteiger charge is -2.13. The number of nitrogens with one attached hydrogen (secondary N) is 2. The van der Waals surface area contributed by atoms with Gasteiger partial charge in [0, 0.05) is 36.7 Å². The Balaban J connectivity index is 2.08. The van der Waals surface area contributed by atoms with Gasteiger partial charge in [0.15, 0.2) is 0 Å². The first-order valence-electron chi connectivity index (χ1n) is 6.84. The Hall–Kier alpha value is -2.40. The van der Waals surface area contributed by atoms with E-state index in [1.54, 1.807) is 18.5 Å². The number of carbonyl (C=O) groups is 1. The summed E-state index contributed by atoms with van der Waals surface area (Å²) in [7, 11) is 0. The summed E-state index contributed by atoms with van der Waals surface area (Å²) in [6, 6.07) is 9.44. The highest BCUT2D eigenvalue weighted by molar-refractivity contribution is 5.97. The van der Waals surface area contributed by atoms with Gasteiger partial charge in [0.2, 0.25) is 0 Å². The second kappa shape index (κ2) is 7.40. The zero-order valence-corrected chi connectivity index (χ0v) is 12.0. The largest absolute Gasteiger partial charge is 0.395 e. The zero-order valence-electron chi connectivity index (χ0n) is 12.0. The average Bonchev–Trinajstić information content (AvgIpc) is 2.52. The number of nitrogens with zero attached hydrogens (tertiary/aromatic N) is 1. The Morgan fingerprint density at radius 2 is 2.14 bits per heavy atom. The number of benzene rings is 1. The van der Waals surface area contributed by atoms with Crippen LogP contribution in [0.4, 0.5) is 5.69 Å². The van der Waals surface area contributed by atoms with Crippen LogP contribution < -0.4 is 10.6 Å². The van der Waals surface area contributed by atoms with Crippen molar-refractivity contribution in [1.29, 1.82) is 0 Å². The lowest BCUT2D eigenvalue weighted by Crippen LogP contribution is -2.27. The maximum Gasteiger partial charge on any atom is 0.251 e. The van der Waals surface area contributed by atoms with E-state index >= 15 is 0 Å². The molecule has 1 heterocycles. The number of amides is 1. The molecule has 0 spiro atoms.